The summed E-state index contributed by atoms with van der Waals surface area (Å²) in [6, 6.07) is 7.41. The minimum absolute atomic E-state index is 0.205. The molecule has 1 aromatic carbocycles. The summed E-state index contributed by atoms with van der Waals surface area (Å²) in [5.74, 6) is 0.427. The SMILES string of the molecule is CC(C)c1ccc(C(N)Cn2cc(C(F)(F)F)cn2)cc1. The van der Waals surface area contributed by atoms with Crippen LogP contribution in [0.1, 0.15) is 42.5 Å². The first-order valence-corrected chi connectivity index (χ1v) is 6.72. The van der Waals surface area contributed by atoms with Crippen molar-refractivity contribution in [2.75, 3.05) is 0 Å². The van der Waals surface area contributed by atoms with E-state index in [1.54, 1.807) is 0 Å². The molecule has 0 aliphatic carbocycles. The van der Waals surface area contributed by atoms with Crippen LogP contribution in [0.3, 0.4) is 0 Å². The second-order valence-electron chi connectivity index (χ2n) is 5.38. The predicted molar refractivity (Wildman–Crippen MR) is 74.7 cm³/mol. The third-order valence-corrected chi connectivity index (χ3v) is 3.38. The topological polar surface area (TPSA) is 43.8 Å². The van der Waals surface area contributed by atoms with E-state index in [1.165, 1.54) is 10.2 Å². The number of hydrogen-bond donors (Lipinski definition) is 1. The fourth-order valence-corrected chi connectivity index (χ4v) is 2.04. The zero-order valence-corrected chi connectivity index (χ0v) is 11.9. The highest BCUT2D eigenvalue weighted by Gasteiger charge is 2.32. The minimum Gasteiger partial charge on any atom is -0.322 e. The summed E-state index contributed by atoms with van der Waals surface area (Å²) in [6.07, 6.45) is -2.59. The number of rotatable bonds is 4. The molecule has 0 aliphatic heterocycles. The van der Waals surface area contributed by atoms with E-state index in [-0.39, 0.29) is 6.54 Å². The van der Waals surface area contributed by atoms with E-state index in [0.29, 0.717) is 5.92 Å². The van der Waals surface area contributed by atoms with Gasteiger partial charge in [0.05, 0.1) is 18.3 Å². The molecule has 6 heteroatoms. The Bertz CT molecular complexity index is 585. The van der Waals surface area contributed by atoms with Gasteiger partial charge in [-0.1, -0.05) is 38.1 Å². The lowest BCUT2D eigenvalue weighted by atomic mass is 9.99. The average molecular weight is 297 g/mol. The van der Waals surface area contributed by atoms with Crippen LogP contribution in [0.2, 0.25) is 0 Å². The first-order valence-electron chi connectivity index (χ1n) is 6.72. The Labute approximate surface area is 121 Å². The van der Waals surface area contributed by atoms with Gasteiger partial charge in [0, 0.05) is 12.2 Å². The maximum absolute atomic E-state index is 12.5. The number of benzene rings is 1. The molecule has 3 nitrogen and oxygen atoms in total. The van der Waals surface area contributed by atoms with Gasteiger partial charge in [-0.3, -0.25) is 4.68 Å². The molecule has 1 heterocycles. The number of nitrogens with two attached hydrogens (primary N) is 1. The van der Waals surface area contributed by atoms with Crippen LogP contribution in [0.5, 0.6) is 0 Å². The molecule has 0 aliphatic rings. The van der Waals surface area contributed by atoms with Crippen LogP contribution in [-0.2, 0) is 12.7 Å². The Kier molecular flexibility index (Phi) is 4.37. The minimum atomic E-state index is -4.37. The van der Waals surface area contributed by atoms with Crippen molar-refractivity contribution in [3.05, 3.63) is 53.3 Å². The summed E-state index contributed by atoms with van der Waals surface area (Å²) >= 11 is 0. The molecular formula is C15H18F3N3. The third-order valence-electron chi connectivity index (χ3n) is 3.38. The van der Waals surface area contributed by atoms with Gasteiger partial charge in [-0.2, -0.15) is 18.3 Å². The lowest BCUT2D eigenvalue weighted by Gasteiger charge is -2.13. The van der Waals surface area contributed by atoms with E-state index in [9.17, 15) is 13.2 Å². The second-order valence-corrected chi connectivity index (χ2v) is 5.38. The molecule has 0 amide bonds. The molecule has 2 N–H and O–H groups in total. The van der Waals surface area contributed by atoms with Gasteiger partial charge in [-0.15, -0.1) is 0 Å². The molecule has 21 heavy (non-hydrogen) atoms. The van der Waals surface area contributed by atoms with Crippen LogP contribution in [0.15, 0.2) is 36.7 Å². The van der Waals surface area contributed by atoms with Gasteiger partial charge >= 0.3 is 6.18 Å². The lowest BCUT2D eigenvalue weighted by Crippen LogP contribution is -2.18. The summed E-state index contributed by atoms with van der Waals surface area (Å²) < 4.78 is 38.7. The zero-order valence-electron chi connectivity index (χ0n) is 11.9. The second kappa shape index (κ2) is 5.89. The van der Waals surface area contributed by atoms with Gasteiger partial charge in [0.1, 0.15) is 0 Å². The molecule has 2 aromatic rings. The van der Waals surface area contributed by atoms with Crippen LogP contribution in [0.4, 0.5) is 13.2 Å². The normalized spacial score (nSPS) is 13.7. The molecular weight excluding hydrogens is 279 g/mol. The Morgan fingerprint density at radius 3 is 2.19 bits per heavy atom. The average Bonchev–Trinajstić information content (AvgIpc) is 2.87. The van der Waals surface area contributed by atoms with Crippen molar-refractivity contribution >= 4 is 0 Å². The van der Waals surface area contributed by atoms with E-state index in [4.69, 9.17) is 5.73 Å². The zero-order chi connectivity index (χ0) is 15.6. The number of nitrogens with zero attached hydrogens (tertiary/aromatic N) is 2. The highest BCUT2D eigenvalue weighted by Crippen LogP contribution is 2.28. The summed E-state index contributed by atoms with van der Waals surface area (Å²) in [5, 5.41) is 3.71. The van der Waals surface area contributed by atoms with Crippen molar-refractivity contribution < 1.29 is 13.2 Å². The fourth-order valence-electron chi connectivity index (χ4n) is 2.04. The Hall–Kier alpha value is -1.82. The molecule has 0 radical (unpaired) electrons. The number of alkyl halides is 3. The van der Waals surface area contributed by atoms with Gasteiger partial charge < -0.3 is 5.73 Å². The van der Waals surface area contributed by atoms with E-state index in [0.717, 1.165) is 18.0 Å². The van der Waals surface area contributed by atoms with Gasteiger partial charge in [-0.25, -0.2) is 0 Å². The van der Waals surface area contributed by atoms with E-state index < -0.39 is 17.8 Å². The molecule has 1 atom stereocenters. The molecule has 0 fully saturated rings. The highest BCUT2D eigenvalue weighted by atomic mass is 19.4. The first kappa shape index (κ1) is 15.6. The molecule has 0 saturated carbocycles. The van der Waals surface area contributed by atoms with Crippen LogP contribution in [-0.4, -0.2) is 9.78 Å². The summed E-state index contributed by atoms with van der Waals surface area (Å²) in [6.45, 7) is 4.39. The fraction of sp³-hybridized carbons (Fsp3) is 0.400. The van der Waals surface area contributed by atoms with Crippen molar-refractivity contribution in [3.63, 3.8) is 0 Å². The van der Waals surface area contributed by atoms with Crippen LogP contribution in [0, 0.1) is 0 Å². The summed E-state index contributed by atoms with van der Waals surface area (Å²) in [5.41, 5.74) is 7.35. The summed E-state index contributed by atoms with van der Waals surface area (Å²) in [7, 11) is 0. The molecule has 2 rings (SSSR count). The quantitative estimate of drug-likeness (QED) is 0.934. The highest BCUT2D eigenvalue weighted by molar-refractivity contribution is 5.26. The molecule has 114 valence electrons. The van der Waals surface area contributed by atoms with Gasteiger partial charge in [0.15, 0.2) is 0 Å². The van der Waals surface area contributed by atoms with Gasteiger partial charge in [-0.05, 0) is 17.0 Å². The van der Waals surface area contributed by atoms with Crippen molar-refractivity contribution in [1.82, 2.24) is 9.78 Å². The summed E-state index contributed by atoms with van der Waals surface area (Å²) in [4.78, 5) is 0. The number of aromatic nitrogens is 2. The lowest BCUT2D eigenvalue weighted by molar-refractivity contribution is -0.137. The van der Waals surface area contributed by atoms with Crippen LogP contribution >= 0.6 is 0 Å². The Morgan fingerprint density at radius 2 is 1.71 bits per heavy atom. The molecule has 0 spiro atoms. The van der Waals surface area contributed by atoms with Crippen molar-refractivity contribution in [1.29, 1.82) is 0 Å². The standard InChI is InChI=1S/C15H18F3N3/c1-10(2)11-3-5-12(6-4-11)14(19)9-21-8-13(7-20-21)15(16,17)18/h3-8,10,14H,9,19H2,1-2H3. The third kappa shape index (κ3) is 3.85. The van der Waals surface area contributed by atoms with Gasteiger partial charge in [0.2, 0.25) is 0 Å². The molecule has 1 aromatic heterocycles. The largest absolute Gasteiger partial charge is 0.419 e. The molecule has 0 saturated heterocycles. The number of hydrogen-bond acceptors (Lipinski definition) is 2. The maximum atomic E-state index is 12.5. The Morgan fingerprint density at radius 1 is 1.14 bits per heavy atom. The van der Waals surface area contributed by atoms with Gasteiger partial charge in [0.25, 0.3) is 0 Å². The number of halogens is 3. The predicted octanol–water partition coefficient (Wildman–Crippen LogP) is 3.73. The molecule has 0 bridgehead atoms. The van der Waals surface area contributed by atoms with E-state index in [1.807, 2.05) is 24.3 Å². The monoisotopic (exact) mass is 297 g/mol. The Balaban J connectivity index is 2.07. The van der Waals surface area contributed by atoms with E-state index >= 15 is 0 Å². The van der Waals surface area contributed by atoms with E-state index in [2.05, 4.69) is 18.9 Å². The van der Waals surface area contributed by atoms with Crippen LogP contribution in [0.25, 0.3) is 0 Å². The van der Waals surface area contributed by atoms with Crippen LogP contribution < -0.4 is 5.73 Å². The van der Waals surface area contributed by atoms with Crippen molar-refractivity contribution in [2.24, 2.45) is 5.73 Å². The van der Waals surface area contributed by atoms with Crippen molar-refractivity contribution in [2.45, 2.75) is 38.5 Å². The maximum Gasteiger partial charge on any atom is 0.419 e. The first-order chi connectivity index (χ1) is 9.77. The van der Waals surface area contributed by atoms with Crippen molar-refractivity contribution in [3.8, 4) is 0 Å². The smallest absolute Gasteiger partial charge is 0.322 e. The molecule has 1 unspecified atom stereocenters.